The molecule has 2 N–H and O–H groups in total. The van der Waals surface area contributed by atoms with Gasteiger partial charge in [0.15, 0.2) is 0 Å². The van der Waals surface area contributed by atoms with Gasteiger partial charge in [-0.1, -0.05) is 24.3 Å². The summed E-state index contributed by atoms with van der Waals surface area (Å²) in [6, 6.07) is 11.7. The van der Waals surface area contributed by atoms with Crippen LogP contribution in [0.2, 0.25) is 0 Å². The Morgan fingerprint density at radius 1 is 0.968 bits per heavy atom. The Morgan fingerprint density at radius 3 is 2.32 bits per heavy atom. The highest BCUT2D eigenvalue weighted by molar-refractivity contribution is 7.89. The second-order valence-electron chi connectivity index (χ2n) is 6.92. The molecule has 166 valence electrons. The number of benzene rings is 2. The van der Waals surface area contributed by atoms with Gasteiger partial charge in [0.2, 0.25) is 15.9 Å². The maximum absolute atomic E-state index is 12.9. The second-order valence-corrected chi connectivity index (χ2v) is 8.83. The van der Waals surface area contributed by atoms with E-state index in [1.807, 2.05) is 0 Å². The standard InChI is InChI=1S/C21H24FN3O5S/c22-17-7-5-16(6-8-17)15-20(26)23-9-10-24-21(27)18-3-1-2-4-19(18)31(28,29)25-11-13-30-14-12-25/h1-8H,9-15H2,(H,23,26)(H,24,27). The highest BCUT2D eigenvalue weighted by Gasteiger charge is 2.29. The number of carbonyl (C=O) groups is 2. The van der Waals surface area contributed by atoms with Crippen LogP contribution < -0.4 is 10.6 Å². The average Bonchev–Trinajstić information content (AvgIpc) is 2.78. The van der Waals surface area contributed by atoms with E-state index in [0.29, 0.717) is 18.8 Å². The quantitative estimate of drug-likeness (QED) is 0.584. The lowest BCUT2D eigenvalue weighted by Crippen LogP contribution is -2.41. The smallest absolute Gasteiger partial charge is 0.252 e. The molecule has 1 heterocycles. The molecule has 0 bridgehead atoms. The van der Waals surface area contributed by atoms with Gasteiger partial charge in [0.1, 0.15) is 5.82 Å². The molecule has 1 aliphatic rings. The number of sulfonamides is 1. The zero-order chi connectivity index (χ0) is 22.3. The first kappa shape index (κ1) is 22.9. The van der Waals surface area contributed by atoms with Gasteiger partial charge >= 0.3 is 0 Å². The molecule has 0 spiro atoms. The van der Waals surface area contributed by atoms with Gasteiger partial charge in [-0.3, -0.25) is 9.59 Å². The molecular formula is C21H24FN3O5S. The third kappa shape index (κ3) is 6.09. The first-order valence-electron chi connectivity index (χ1n) is 9.84. The van der Waals surface area contributed by atoms with E-state index in [4.69, 9.17) is 4.74 Å². The second kappa shape index (κ2) is 10.5. The van der Waals surface area contributed by atoms with Crippen LogP contribution in [0.4, 0.5) is 4.39 Å². The Balaban J connectivity index is 1.54. The third-order valence-electron chi connectivity index (χ3n) is 4.73. The Labute approximate surface area is 180 Å². The van der Waals surface area contributed by atoms with Gasteiger partial charge in [-0.15, -0.1) is 0 Å². The molecule has 31 heavy (non-hydrogen) atoms. The van der Waals surface area contributed by atoms with Crippen molar-refractivity contribution in [1.82, 2.24) is 14.9 Å². The minimum atomic E-state index is -3.82. The molecule has 0 aromatic heterocycles. The molecule has 2 aromatic carbocycles. The maximum Gasteiger partial charge on any atom is 0.252 e. The summed E-state index contributed by atoms with van der Waals surface area (Å²) in [5.74, 6) is -1.18. The van der Waals surface area contributed by atoms with Gasteiger partial charge in [-0.25, -0.2) is 12.8 Å². The van der Waals surface area contributed by atoms with E-state index in [-0.39, 0.29) is 54.8 Å². The number of hydrogen-bond donors (Lipinski definition) is 2. The minimum Gasteiger partial charge on any atom is -0.379 e. The summed E-state index contributed by atoms with van der Waals surface area (Å²) in [5.41, 5.74) is 0.719. The van der Waals surface area contributed by atoms with Crippen molar-refractivity contribution in [3.8, 4) is 0 Å². The fraction of sp³-hybridized carbons (Fsp3) is 0.333. The SMILES string of the molecule is O=C(Cc1ccc(F)cc1)NCCNC(=O)c1ccccc1S(=O)(=O)N1CCOCC1. The summed E-state index contributed by atoms with van der Waals surface area (Å²) in [4.78, 5) is 24.5. The van der Waals surface area contributed by atoms with Crippen molar-refractivity contribution < 1.29 is 27.1 Å². The number of hydrogen-bond acceptors (Lipinski definition) is 5. The maximum atomic E-state index is 12.9. The normalized spacial score (nSPS) is 14.7. The number of ether oxygens (including phenoxy) is 1. The molecule has 2 amide bonds. The highest BCUT2D eigenvalue weighted by atomic mass is 32.2. The molecule has 3 rings (SSSR count). The van der Waals surface area contributed by atoms with E-state index in [0.717, 1.165) is 0 Å². The van der Waals surface area contributed by atoms with Gasteiger partial charge < -0.3 is 15.4 Å². The van der Waals surface area contributed by atoms with Crippen molar-refractivity contribution >= 4 is 21.8 Å². The van der Waals surface area contributed by atoms with Crippen molar-refractivity contribution in [3.05, 3.63) is 65.5 Å². The van der Waals surface area contributed by atoms with Crippen LogP contribution in [0.25, 0.3) is 0 Å². The van der Waals surface area contributed by atoms with Gasteiger partial charge in [0, 0.05) is 26.2 Å². The van der Waals surface area contributed by atoms with Crippen LogP contribution in [0, 0.1) is 5.82 Å². The highest BCUT2D eigenvalue weighted by Crippen LogP contribution is 2.21. The number of carbonyl (C=O) groups excluding carboxylic acids is 2. The molecule has 0 radical (unpaired) electrons. The predicted octanol–water partition coefficient (Wildman–Crippen LogP) is 0.935. The van der Waals surface area contributed by atoms with Crippen molar-refractivity contribution in [1.29, 1.82) is 0 Å². The Hall–Kier alpha value is -2.82. The molecule has 8 nitrogen and oxygen atoms in total. The van der Waals surface area contributed by atoms with Crippen LogP contribution in [0.3, 0.4) is 0 Å². The lowest BCUT2D eigenvalue weighted by molar-refractivity contribution is -0.120. The third-order valence-corrected chi connectivity index (χ3v) is 6.69. The molecule has 2 aromatic rings. The van der Waals surface area contributed by atoms with E-state index < -0.39 is 15.9 Å². The zero-order valence-electron chi connectivity index (χ0n) is 16.8. The van der Waals surface area contributed by atoms with E-state index in [9.17, 15) is 22.4 Å². The topological polar surface area (TPSA) is 105 Å². The first-order valence-corrected chi connectivity index (χ1v) is 11.3. The number of nitrogens with zero attached hydrogens (tertiary/aromatic N) is 1. The zero-order valence-corrected chi connectivity index (χ0v) is 17.7. The van der Waals surface area contributed by atoms with Crippen molar-refractivity contribution in [2.24, 2.45) is 0 Å². The van der Waals surface area contributed by atoms with Crippen LogP contribution in [0.15, 0.2) is 53.4 Å². The Morgan fingerprint density at radius 2 is 1.61 bits per heavy atom. The molecule has 1 saturated heterocycles. The van der Waals surface area contributed by atoms with Crippen molar-refractivity contribution in [3.63, 3.8) is 0 Å². The van der Waals surface area contributed by atoms with E-state index in [2.05, 4.69) is 10.6 Å². The Bertz CT molecular complexity index is 1020. The van der Waals surface area contributed by atoms with Crippen LogP contribution in [-0.4, -0.2) is 63.9 Å². The van der Waals surface area contributed by atoms with Crippen LogP contribution in [0.1, 0.15) is 15.9 Å². The van der Waals surface area contributed by atoms with E-state index in [1.165, 1.54) is 40.7 Å². The fourth-order valence-electron chi connectivity index (χ4n) is 3.13. The minimum absolute atomic E-state index is 0.0478. The molecule has 1 fully saturated rings. The number of halogens is 1. The largest absolute Gasteiger partial charge is 0.379 e. The number of nitrogens with one attached hydrogen (secondary N) is 2. The summed E-state index contributed by atoms with van der Waals surface area (Å²) in [6.45, 7) is 1.39. The number of rotatable bonds is 8. The average molecular weight is 450 g/mol. The lowest BCUT2D eigenvalue weighted by Gasteiger charge is -2.26. The summed E-state index contributed by atoms with van der Waals surface area (Å²) in [7, 11) is -3.82. The van der Waals surface area contributed by atoms with Crippen molar-refractivity contribution in [2.75, 3.05) is 39.4 Å². The molecule has 10 heteroatoms. The van der Waals surface area contributed by atoms with Crippen LogP contribution in [-0.2, 0) is 26.0 Å². The van der Waals surface area contributed by atoms with Gasteiger partial charge in [-0.05, 0) is 29.8 Å². The van der Waals surface area contributed by atoms with Gasteiger partial charge in [0.05, 0.1) is 30.1 Å². The van der Waals surface area contributed by atoms with Gasteiger partial charge in [0.25, 0.3) is 5.91 Å². The monoisotopic (exact) mass is 449 g/mol. The predicted molar refractivity (Wildman–Crippen MR) is 111 cm³/mol. The van der Waals surface area contributed by atoms with Gasteiger partial charge in [-0.2, -0.15) is 4.31 Å². The molecule has 1 aliphatic heterocycles. The van der Waals surface area contributed by atoms with Crippen LogP contribution >= 0.6 is 0 Å². The molecule has 0 unspecified atom stereocenters. The first-order chi connectivity index (χ1) is 14.9. The van der Waals surface area contributed by atoms with E-state index in [1.54, 1.807) is 12.1 Å². The summed E-state index contributed by atoms with van der Waals surface area (Å²) in [6.07, 6.45) is 0.0921. The number of morpholine rings is 1. The van der Waals surface area contributed by atoms with E-state index >= 15 is 0 Å². The molecule has 0 atom stereocenters. The molecule has 0 aliphatic carbocycles. The molecule has 0 saturated carbocycles. The summed E-state index contributed by atoms with van der Waals surface area (Å²) in [5, 5.41) is 5.29. The Kier molecular flexibility index (Phi) is 7.72. The number of amides is 2. The van der Waals surface area contributed by atoms with Crippen molar-refractivity contribution in [2.45, 2.75) is 11.3 Å². The summed E-state index contributed by atoms with van der Waals surface area (Å²) >= 11 is 0. The fourth-order valence-corrected chi connectivity index (χ4v) is 4.73. The summed E-state index contributed by atoms with van der Waals surface area (Å²) < 4.78 is 45.3. The molecular weight excluding hydrogens is 425 g/mol. The lowest BCUT2D eigenvalue weighted by atomic mass is 10.1. The van der Waals surface area contributed by atoms with Crippen LogP contribution in [0.5, 0.6) is 0 Å².